The second-order valence-electron chi connectivity index (χ2n) is 6.49. The summed E-state index contributed by atoms with van der Waals surface area (Å²) in [4.78, 5) is 14.3. The van der Waals surface area contributed by atoms with Crippen LogP contribution < -0.4 is 15.5 Å². The van der Waals surface area contributed by atoms with E-state index in [1.165, 1.54) is 11.3 Å². The molecule has 4 nitrogen and oxygen atoms in total. The molecule has 4 heteroatoms. The Morgan fingerprint density at radius 3 is 2.75 bits per heavy atom. The van der Waals surface area contributed by atoms with Gasteiger partial charge in [0.05, 0.1) is 0 Å². The third-order valence-corrected chi connectivity index (χ3v) is 4.50. The van der Waals surface area contributed by atoms with Crippen molar-refractivity contribution in [1.82, 2.24) is 10.6 Å². The van der Waals surface area contributed by atoms with Crippen LogP contribution in [0.15, 0.2) is 54.6 Å². The van der Waals surface area contributed by atoms with Gasteiger partial charge < -0.3 is 15.5 Å². The lowest BCUT2D eigenvalue weighted by Crippen LogP contribution is -2.38. The summed E-state index contributed by atoms with van der Waals surface area (Å²) in [5.41, 5.74) is 3.68. The van der Waals surface area contributed by atoms with E-state index < -0.39 is 0 Å². The van der Waals surface area contributed by atoms with Gasteiger partial charge >= 0.3 is 6.03 Å². The summed E-state index contributed by atoms with van der Waals surface area (Å²) < 4.78 is 0. The maximum Gasteiger partial charge on any atom is 0.315 e. The predicted molar refractivity (Wildman–Crippen MR) is 98.2 cm³/mol. The Labute approximate surface area is 143 Å². The molecule has 1 heterocycles. The molecule has 1 aliphatic rings. The number of aryl methyl sites for hydroxylation is 1. The maximum atomic E-state index is 11.9. The van der Waals surface area contributed by atoms with Gasteiger partial charge in [0, 0.05) is 31.9 Å². The number of anilines is 1. The van der Waals surface area contributed by atoms with Crippen LogP contribution in [0, 0.1) is 12.8 Å². The van der Waals surface area contributed by atoms with E-state index in [1.54, 1.807) is 0 Å². The van der Waals surface area contributed by atoms with Crippen LogP contribution in [0.4, 0.5) is 10.5 Å². The van der Waals surface area contributed by atoms with E-state index in [4.69, 9.17) is 0 Å². The molecule has 1 atom stereocenters. The number of nitrogens with zero attached hydrogens (tertiary/aromatic N) is 1. The Balaban J connectivity index is 1.40. The number of hydrogen-bond acceptors (Lipinski definition) is 2. The third kappa shape index (κ3) is 4.51. The summed E-state index contributed by atoms with van der Waals surface area (Å²) in [7, 11) is 0. The van der Waals surface area contributed by atoms with Crippen LogP contribution >= 0.6 is 0 Å². The average molecular weight is 323 g/mol. The number of hydrogen-bond donors (Lipinski definition) is 2. The van der Waals surface area contributed by atoms with E-state index in [0.29, 0.717) is 12.5 Å². The first-order valence-electron chi connectivity index (χ1n) is 8.58. The van der Waals surface area contributed by atoms with Gasteiger partial charge in [0.15, 0.2) is 0 Å². The molecule has 1 saturated heterocycles. The summed E-state index contributed by atoms with van der Waals surface area (Å²) in [5, 5.41) is 5.91. The molecule has 2 aromatic rings. The van der Waals surface area contributed by atoms with E-state index in [2.05, 4.69) is 46.7 Å². The van der Waals surface area contributed by atoms with Crippen molar-refractivity contribution in [2.75, 3.05) is 24.5 Å². The van der Waals surface area contributed by atoms with Crippen molar-refractivity contribution in [2.24, 2.45) is 5.92 Å². The van der Waals surface area contributed by atoms with E-state index in [1.807, 2.05) is 30.3 Å². The monoisotopic (exact) mass is 323 g/mol. The second-order valence-corrected chi connectivity index (χ2v) is 6.49. The largest absolute Gasteiger partial charge is 0.371 e. The number of carbonyl (C=O) groups excluding carboxylic acids is 1. The molecule has 0 spiro atoms. The normalized spacial score (nSPS) is 16.9. The first-order chi connectivity index (χ1) is 11.7. The van der Waals surface area contributed by atoms with Crippen molar-refractivity contribution >= 4 is 11.7 Å². The van der Waals surface area contributed by atoms with Gasteiger partial charge in [-0.1, -0.05) is 42.5 Å². The van der Waals surface area contributed by atoms with E-state index in [-0.39, 0.29) is 6.03 Å². The molecule has 126 valence electrons. The highest BCUT2D eigenvalue weighted by molar-refractivity contribution is 5.73. The molecule has 0 aromatic heterocycles. The highest BCUT2D eigenvalue weighted by Crippen LogP contribution is 2.24. The number of amides is 2. The SMILES string of the molecule is Cc1cccc(N2CCC(CNC(=O)NCc3ccccc3)C2)c1. The van der Waals surface area contributed by atoms with E-state index in [9.17, 15) is 4.79 Å². The fourth-order valence-corrected chi connectivity index (χ4v) is 3.14. The lowest BCUT2D eigenvalue weighted by atomic mass is 10.1. The Bertz CT molecular complexity index is 672. The number of benzene rings is 2. The molecule has 3 rings (SSSR count). The third-order valence-electron chi connectivity index (χ3n) is 4.50. The molecule has 0 radical (unpaired) electrons. The van der Waals surface area contributed by atoms with Gasteiger partial charge in [0.2, 0.25) is 0 Å². The van der Waals surface area contributed by atoms with Gasteiger partial charge in [0.25, 0.3) is 0 Å². The second kappa shape index (κ2) is 7.86. The number of rotatable bonds is 5. The molecular formula is C20H25N3O. The smallest absolute Gasteiger partial charge is 0.315 e. The number of urea groups is 1. The van der Waals surface area contributed by atoms with Gasteiger partial charge in [0.1, 0.15) is 0 Å². The quantitative estimate of drug-likeness (QED) is 0.886. The standard InChI is InChI=1S/C20H25N3O/c1-16-6-5-9-19(12-16)23-11-10-18(15-23)14-22-20(24)21-13-17-7-3-2-4-8-17/h2-9,12,18H,10-11,13-15H2,1H3,(H2,21,22,24). The van der Waals surface area contributed by atoms with Gasteiger partial charge in [-0.3, -0.25) is 0 Å². The van der Waals surface area contributed by atoms with Crippen molar-refractivity contribution < 1.29 is 4.79 Å². The minimum absolute atomic E-state index is 0.0899. The summed E-state index contributed by atoms with van der Waals surface area (Å²) >= 11 is 0. The highest BCUT2D eigenvalue weighted by Gasteiger charge is 2.23. The van der Waals surface area contributed by atoms with Crippen molar-refractivity contribution in [3.63, 3.8) is 0 Å². The summed E-state index contributed by atoms with van der Waals surface area (Å²) in [6.07, 6.45) is 1.12. The van der Waals surface area contributed by atoms with Gasteiger partial charge in [-0.05, 0) is 42.5 Å². The van der Waals surface area contributed by atoms with Crippen LogP contribution in [0.2, 0.25) is 0 Å². The van der Waals surface area contributed by atoms with Crippen molar-refractivity contribution in [3.05, 3.63) is 65.7 Å². The van der Waals surface area contributed by atoms with Crippen molar-refractivity contribution in [2.45, 2.75) is 19.9 Å². The lowest BCUT2D eigenvalue weighted by molar-refractivity contribution is 0.239. The minimum Gasteiger partial charge on any atom is -0.371 e. The Morgan fingerprint density at radius 1 is 1.12 bits per heavy atom. The van der Waals surface area contributed by atoms with Crippen LogP contribution in [0.3, 0.4) is 0 Å². The zero-order valence-corrected chi connectivity index (χ0v) is 14.2. The zero-order valence-electron chi connectivity index (χ0n) is 14.2. The van der Waals surface area contributed by atoms with Crippen LogP contribution in [0.5, 0.6) is 0 Å². The summed E-state index contributed by atoms with van der Waals surface area (Å²) in [6, 6.07) is 18.5. The molecular weight excluding hydrogens is 298 g/mol. The molecule has 2 aromatic carbocycles. The number of carbonyl (C=O) groups is 1. The van der Waals surface area contributed by atoms with Crippen LogP contribution in [-0.2, 0) is 6.54 Å². The molecule has 1 unspecified atom stereocenters. The summed E-state index contributed by atoms with van der Waals surface area (Å²) in [6.45, 7) is 5.47. The fourth-order valence-electron chi connectivity index (χ4n) is 3.14. The predicted octanol–water partition coefficient (Wildman–Crippen LogP) is 3.32. The molecule has 24 heavy (non-hydrogen) atoms. The summed E-state index contributed by atoms with van der Waals surface area (Å²) in [5.74, 6) is 0.507. The average Bonchev–Trinajstić information content (AvgIpc) is 3.08. The molecule has 2 N–H and O–H groups in total. The lowest BCUT2D eigenvalue weighted by Gasteiger charge is -2.19. The molecule has 0 bridgehead atoms. The minimum atomic E-state index is -0.0899. The number of nitrogens with one attached hydrogen (secondary N) is 2. The first kappa shape index (κ1) is 16.4. The maximum absolute atomic E-state index is 11.9. The molecule has 2 amide bonds. The zero-order chi connectivity index (χ0) is 16.8. The van der Waals surface area contributed by atoms with Crippen LogP contribution in [-0.4, -0.2) is 25.7 Å². The van der Waals surface area contributed by atoms with Crippen LogP contribution in [0.25, 0.3) is 0 Å². The van der Waals surface area contributed by atoms with E-state index >= 15 is 0 Å². The van der Waals surface area contributed by atoms with Crippen molar-refractivity contribution in [1.29, 1.82) is 0 Å². The van der Waals surface area contributed by atoms with Crippen LogP contribution in [0.1, 0.15) is 17.5 Å². The van der Waals surface area contributed by atoms with Gasteiger partial charge in [-0.15, -0.1) is 0 Å². The molecule has 1 fully saturated rings. The Hall–Kier alpha value is -2.49. The fraction of sp³-hybridized carbons (Fsp3) is 0.350. The molecule has 0 aliphatic carbocycles. The van der Waals surface area contributed by atoms with Crippen molar-refractivity contribution in [3.8, 4) is 0 Å². The van der Waals surface area contributed by atoms with Gasteiger partial charge in [-0.25, -0.2) is 4.79 Å². The first-order valence-corrected chi connectivity index (χ1v) is 8.58. The highest BCUT2D eigenvalue weighted by atomic mass is 16.2. The molecule has 0 saturated carbocycles. The Morgan fingerprint density at radius 2 is 1.96 bits per heavy atom. The van der Waals surface area contributed by atoms with Gasteiger partial charge in [-0.2, -0.15) is 0 Å². The topological polar surface area (TPSA) is 44.4 Å². The molecule has 1 aliphatic heterocycles. The Kier molecular flexibility index (Phi) is 5.36. The van der Waals surface area contributed by atoms with E-state index in [0.717, 1.165) is 31.6 Å².